The van der Waals surface area contributed by atoms with Crippen molar-refractivity contribution >= 4 is 16.9 Å². The molecule has 0 bridgehead atoms. The lowest BCUT2D eigenvalue weighted by atomic mass is 10.1. The molecule has 1 N–H and O–H groups in total. The highest BCUT2D eigenvalue weighted by Crippen LogP contribution is 2.17. The number of carbonyl (C=O) groups is 1. The second kappa shape index (κ2) is 5.25. The second-order valence-corrected chi connectivity index (χ2v) is 5.47. The number of ether oxygens (including phenoxy) is 1. The van der Waals surface area contributed by atoms with Crippen LogP contribution in [0.4, 0.5) is 0 Å². The number of aromatic nitrogens is 2. The Bertz CT molecular complexity index is 629. The van der Waals surface area contributed by atoms with Gasteiger partial charge in [0.15, 0.2) is 0 Å². The summed E-state index contributed by atoms with van der Waals surface area (Å²) in [6, 6.07) is 5.60. The van der Waals surface area contributed by atoms with Gasteiger partial charge in [-0.2, -0.15) is 0 Å². The number of amides is 1. The van der Waals surface area contributed by atoms with Crippen molar-refractivity contribution in [3.63, 3.8) is 0 Å². The monoisotopic (exact) mass is 273 g/mol. The van der Waals surface area contributed by atoms with E-state index in [-0.39, 0.29) is 5.91 Å². The number of hydrogen-bond acceptors (Lipinski definition) is 3. The zero-order valence-corrected chi connectivity index (χ0v) is 11.8. The zero-order valence-electron chi connectivity index (χ0n) is 11.8. The molecule has 2 aromatic rings. The van der Waals surface area contributed by atoms with Gasteiger partial charge in [-0.1, -0.05) is 0 Å². The number of aromatic amines is 1. The van der Waals surface area contributed by atoms with E-state index < -0.39 is 0 Å². The van der Waals surface area contributed by atoms with Gasteiger partial charge in [0.2, 0.25) is 0 Å². The summed E-state index contributed by atoms with van der Waals surface area (Å²) in [7, 11) is 1.85. The number of H-pyrrole nitrogens is 1. The smallest absolute Gasteiger partial charge is 0.253 e. The highest BCUT2D eigenvalue weighted by molar-refractivity contribution is 5.97. The lowest BCUT2D eigenvalue weighted by Gasteiger charge is -2.20. The maximum atomic E-state index is 12.4. The van der Waals surface area contributed by atoms with E-state index in [4.69, 9.17) is 4.74 Å². The number of rotatable bonds is 3. The Kier molecular flexibility index (Phi) is 3.44. The van der Waals surface area contributed by atoms with E-state index in [0.717, 1.165) is 43.0 Å². The van der Waals surface area contributed by atoms with Crippen LogP contribution >= 0.6 is 0 Å². The van der Waals surface area contributed by atoms with E-state index >= 15 is 0 Å². The summed E-state index contributed by atoms with van der Waals surface area (Å²) >= 11 is 0. The van der Waals surface area contributed by atoms with Crippen LogP contribution in [-0.4, -0.2) is 47.6 Å². The van der Waals surface area contributed by atoms with Crippen molar-refractivity contribution in [2.45, 2.75) is 13.3 Å². The Morgan fingerprint density at radius 3 is 3.15 bits per heavy atom. The lowest BCUT2D eigenvalue weighted by molar-refractivity contribution is 0.0766. The van der Waals surface area contributed by atoms with Crippen LogP contribution in [0.3, 0.4) is 0 Å². The third-order valence-corrected chi connectivity index (χ3v) is 3.75. The van der Waals surface area contributed by atoms with Crippen LogP contribution in [0.15, 0.2) is 18.2 Å². The first kappa shape index (κ1) is 13.1. The predicted octanol–water partition coefficient (Wildman–Crippen LogP) is 1.98. The van der Waals surface area contributed by atoms with Crippen LogP contribution in [0.5, 0.6) is 0 Å². The van der Waals surface area contributed by atoms with Crippen molar-refractivity contribution in [1.29, 1.82) is 0 Å². The summed E-state index contributed by atoms with van der Waals surface area (Å²) in [5.41, 5.74) is 2.50. The molecule has 0 unspecified atom stereocenters. The molecule has 1 aliphatic rings. The second-order valence-electron chi connectivity index (χ2n) is 5.47. The van der Waals surface area contributed by atoms with Gasteiger partial charge in [-0.05, 0) is 31.5 Å². The van der Waals surface area contributed by atoms with E-state index in [1.807, 2.05) is 32.2 Å². The molecule has 0 saturated carbocycles. The van der Waals surface area contributed by atoms with Crippen molar-refractivity contribution in [3.8, 4) is 0 Å². The number of fused-ring (bicyclic) bond motifs is 1. The summed E-state index contributed by atoms with van der Waals surface area (Å²) in [6.07, 6.45) is 1.04. The fourth-order valence-electron chi connectivity index (χ4n) is 2.69. The van der Waals surface area contributed by atoms with Crippen LogP contribution in [0.25, 0.3) is 11.0 Å². The number of nitrogens with zero attached hydrogens (tertiary/aromatic N) is 2. The molecule has 1 saturated heterocycles. The average Bonchev–Trinajstić information content (AvgIpc) is 3.04. The number of hydrogen-bond donors (Lipinski definition) is 1. The van der Waals surface area contributed by atoms with Crippen LogP contribution in [-0.2, 0) is 4.74 Å². The van der Waals surface area contributed by atoms with Gasteiger partial charge in [-0.3, -0.25) is 4.79 Å². The Morgan fingerprint density at radius 2 is 2.40 bits per heavy atom. The minimum atomic E-state index is 0.0473. The van der Waals surface area contributed by atoms with Gasteiger partial charge in [0.25, 0.3) is 5.91 Å². The number of benzene rings is 1. The lowest BCUT2D eigenvalue weighted by Crippen LogP contribution is -2.32. The molecule has 1 aromatic heterocycles. The molecular formula is C15H19N3O2. The van der Waals surface area contributed by atoms with Crippen LogP contribution in [0, 0.1) is 12.8 Å². The van der Waals surface area contributed by atoms with E-state index in [0.29, 0.717) is 11.5 Å². The Balaban J connectivity index is 1.76. The molecule has 5 nitrogen and oxygen atoms in total. The van der Waals surface area contributed by atoms with Crippen molar-refractivity contribution in [1.82, 2.24) is 14.9 Å². The first-order valence-corrected chi connectivity index (χ1v) is 6.93. The van der Waals surface area contributed by atoms with Crippen molar-refractivity contribution in [2.24, 2.45) is 5.92 Å². The third-order valence-electron chi connectivity index (χ3n) is 3.75. The summed E-state index contributed by atoms with van der Waals surface area (Å²) in [5, 5.41) is 0. The number of imidazole rings is 1. The zero-order chi connectivity index (χ0) is 14.1. The Hall–Kier alpha value is -1.88. The average molecular weight is 273 g/mol. The molecule has 1 atom stereocenters. The molecule has 5 heteroatoms. The van der Waals surface area contributed by atoms with E-state index in [1.165, 1.54) is 0 Å². The van der Waals surface area contributed by atoms with E-state index in [1.54, 1.807) is 4.90 Å². The van der Waals surface area contributed by atoms with Gasteiger partial charge in [-0.15, -0.1) is 0 Å². The SMILES string of the molecule is Cc1nc2ccc(C(=O)N(C)C[C@H]3CCOC3)cc2[nH]1. The molecular weight excluding hydrogens is 254 g/mol. The van der Waals surface area contributed by atoms with Crippen LogP contribution in [0.1, 0.15) is 22.6 Å². The summed E-state index contributed by atoms with van der Waals surface area (Å²) in [5.74, 6) is 1.37. The third kappa shape index (κ3) is 2.54. The molecule has 0 radical (unpaired) electrons. The largest absolute Gasteiger partial charge is 0.381 e. The molecule has 106 valence electrons. The molecule has 1 aromatic carbocycles. The number of aryl methyl sites for hydroxylation is 1. The topological polar surface area (TPSA) is 58.2 Å². The summed E-state index contributed by atoms with van der Waals surface area (Å²) < 4.78 is 5.35. The standard InChI is InChI=1S/C15H19N3O2/c1-10-16-13-4-3-12(7-14(13)17-10)15(19)18(2)8-11-5-6-20-9-11/h3-4,7,11H,5-6,8-9H2,1-2H3,(H,16,17)/t11-/m1/s1. The molecule has 3 rings (SSSR count). The van der Waals surface area contributed by atoms with Gasteiger partial charge in [0, 0.05) is 31.7 Å². The fourth-order valence-corrected chi connectivity index (χ4v) is 2.69. The highest BCUT2D eigenvalue weighted by Gasteiger charge is 2.21. The van der Waals surface area contributed by atoms with Gasteiger partial charge in [0.1, 0.15) is 5.82 Å². The highest BCUT2D eigenvalue weighted by atomic mass is 16.5. The molecule has 0 spiro atoms. The van der Waals surface area contributed by atoms with Gasteiger partial charge >= 0.3 is 0 Å². The van der Waals surface area contributed by atoms with E-state index in [2.05, 4.69) is 9.97 Å². The number of carbonyl (C=O) groups excluding carboxylic acids is 1. The molecule has 1 fully saturated rings. The quantitative estimate of drug-likeness (QED) is 0.930. The van der Waals surface area contributed by atoms with E-state index in [9.17, 15) is 4.79 Å². The van der Waals surface area contributed by atoms with Crippen molar-refractivity contribution in [2.75, 3.05) is 26.8 Å². The summed E-state index contributed by atoms with van der Waals surface area (Å²) in [6.45, 7) is 4.23. The first-order valence-electron chi connectivity index (χ1n) is 6.93. The fraction of sp³-hybridized carbons (Fsp3) is 0.467. The summed E-state index contributed by atoms with van der Waals surface area (Å²) in [4.78, 5) is 21.7. The molecule has 1 amide bonds. The molecule has 0 aliphatic carbocycles. The van der Waals surface area contributed by atoms with Gasteiger partial charge < -0.3 is 14.6 Å². The minimum absolute atomic E-state index is 0.0473. The normalized spacial score (nSPS) is 18.6. The molecule has 20 heavy (non-hydrogen) atoms. The Labute approximate surface area is 117 Å². The molecule has 1 aliphatic heterocycles. The van der Waals surface area contributed by atoms with Gasteiger partial charge in [0.05, 0.1) is 17.6 Å². The van der Waals surface area contributed by atoms with Crippen molar-refractivity contribution < 1.29 is 9.53 Å². The van der Waals surface area contributed by atoms with Crippen LogP contribution in [0.2, 0.25) is 0 Å². The maximum absolute atomic E-state index is 12.4. The van der Waals surface area contributed by atoms with Crippen LogP contribution < -0.4 is 0 Å². The van der Waals surface area contributed by atoms with Crippen molar-refractivity contribution in [3.05, 3.63) is 29.6 Å². The predicted molar refractivity (Wildman–Crippen MR) is 76.7 cm³/mol. The molecule has 2 heterocycles. The minimum Gasteiger partial charge on any atom is -0.381 e. The maximum Gasteiger partial charge on any atom is 0.253 e. The van der Waals surface area contributed by atoms with Gasteiger partial charge in [-0.25, -0.2) is 4.98 Å². The first-order chi connectivity index (χ1) is 9.63. The number of nitrogens with one attached hydrogen (secondary N) is 1. The Morgan fingerprint density at radius 1 is 1.55 bits per heavy atom.